The van der Waals surface area contributed by atoms with Crippen LogP contribution < -0.4 is 10.6 Å². The Hall–Kier alpha value is -0.120. The van der Waals surface area contributed by atoms with Crippen LogP contribution in [0.2, 0.25) is 0 Å². The molecular weight excluding hydrogens is 246 g/mol. The summed E-state index contributed by atoms with van der Waals surface area (Å²) in [6, 6.07) is 0.636. The van der Waals surface area contributed by atoms with Crippen molar-refractivity contribution in [2.24, 2.45) is 5.41 Å². The van der Waals surface area contributed by atoms with Gasteiger partial charge in [-0.2, -0.15) is 0 Å². The van der Waals surface area contributed by atoms with Crippen LogP contribution in [0.25, 0.3) is 0 Å². The second-order valence-corrected chi connectivity index (χ2v) is 7.65. The van der Waals surface area contributed by atoms with E-state index in [0.717, 1.165) is 6.54 Å². The molecule has 0 aromatic rings. The molecule has 0 rings (SSSR count). The van der Waals surface area contributed by atoms with Crippen LogP contribution in [-0.2, 0) is 0 Å². The maximum absolute atomic E-state index is 3.40. The number of rotatable bonds is 11. The van der Waals surface area contributed by atoms with Crippen LogP contribution in [0, 0.1) is 5.41 Å². The summed E-state index contributed by atoms with van der Waals surface area (Å²) in [4.78, 5) is 2.45. The molecule has 3 nitrogen and oxygen atoms in total. The summed E-state index contributed by atoms with van der Waals surface area (Å²) in [6.45, 7) is 13.8. The molecule has 0 aromatic heterocycles. The van der Waals surface area contributed by atoms with Gasteiger partial charge in [0, 0.05) is 18.1 Å². The lowest BCUT2D eigenvalue weighted by Gasteiger charge is -2.34. The molecule has 0 saturated heterocycles. The van der Waals surface area contributed by atoms with Crippen molar-refractivity contribution in [2.75, 3.05) is 34.2 Å². The maximum atomic E-state index is 3.40. The second kappa shape index (κ2) is 9.01. The molecule has 0 aliphatic carbocycles. The first-order chi connectivity index (χ1) is 9.16. The molecule has 1 atom stereocenters. The highest BCUT2D eigenvalue weighted by Gasteiger charge is 2.25. The Bertz CT molecular complexity index is 251. The van der Waals surface area contributed by atoms with E-state index in [2.05, 4.69) is 71.3 Å². The smallest absolute Gasteiger partial charge is 0.0122 e. The maximum Gasteiger partial charge on any atom is 0.0122 e. The van der Waals surface area contributed by atoms with Crippen LogP contribution in [-0.4, -0.2) is 50.7 Å². The van der Waals surface area contributed by atoms with E-state index < -0.39 is 0 Å². The van der Waals surface area contributed by atoms with Gasteiger partial charge in [0.15, 0.2) is 0 Å². The summed E-state index contributed by atoms with van der Waals surface area (Å²) < 4.78 is 0. The highest BCUT2D eigenvalue weighted by Crippen LogP contribution is 2.29. The molecule has 2 N–H and O–H groups in total. The first-order valence-corrected chi connectivity index (χ1v) is 8.19. The molecule has 0 radical (unpaired) electrons. The molecule has 0 aromatic carbocycles. The lowest BCUT2D eigenvalue weighted by atomic mass is 9.80. The van der Waals surface area contributed by atoms with Crippen molar-refractivity contribution in [1.82, 2.24) is 15.5 Å². The van der Waals surface area contributed by atoms with Crippen LogP contribution >= 0.6 is 0 Å². The fourth-order valence-corrected chi connectivity index (χ4v) is 2.52. The quantitative estimate of drug-likeness (QED) is 0.611. The van der Waals surface area contributed by atoms with Crippen molar-refractivity contribution in [2.45, 2.75) is 71.9 Å². The topological polar surface area (TPSA) is 27.3 Å². The molecule has 1 unspecified atom stereocenters. The van der Waals surface area contributed by atoms with Gasteiger partial charge in [-0.3, -0.25) is 0 Å². The Balaban J connectivity index is 4.30. The summed E-state index contributed by atoms with van der Waals surface area (Å²) in [5.74, 6) is 0. The zero-order valence-corrected chi connectivity index (χ0v) is 15.3. The normalized spacial score (nSPS) is 15.9. The van der Waals surface area contributed by atoms with E-state index in [4.69, 9.17) is 0 Å². The van der Waals surface area contributed by atoms with Gasteiger partial charge >= 0.3 is 0 Å². The van der Waals surface area contributed by atoms with Crippen LogP contribution in [0.1, 0.15) is 60.3 Å². The Morgan fingerprint density at radius 1 is 1.00 bits per heavy atom. The number of hydrogen-bond acceptors (Lipinski definition) is 3. The van der Waals surface area contributed by atoms with E-state index in [1.165, 1.54) is 32.2 Å². The van der Waals surface area contributed by atoms with Crippen molar-refractivity contribution in [3.05, 3.63) is 0 Å². The number of nitrogens with zero attached hydrogens (tertiary/aromatic N) is 1. The first kappa shape index (κ1) is 19.9. The molecule has 20 heavy (non-hydrogen) atoms. The molecule has 0 saturated carbocycles. The third kappa shape index (κ3) is 8.23. The average molecular weight is 286 g/mol. The number of nitrogens with one attached hydrogen (secondary N) is 2. The molecule has 122 valence electrons. The van der Waals surface area contributed by atoms with Crippen LogP contribution in [0.4, 0.5) is 0 Å². The van der Waals surface area contributed by atoms with Gasteiger partial charge in [0.1, 0.15) is 0 Å². The van der Waals surface area contributed by atoms with Gasteiger partial charge in [-0.15, -0.1) is 0 Å². The Morgan fingerprint density at radius 3 is 2.05 bits per heavy atom. The highest BCUT2D eigenvalue weighted by atomic mass is 15.1. The van der Waals surface area contributed by atoms with Gasteiger partial charge in [0.2, 0.25) is 0 Å². The van der Waals surface area contributed by atoms with E-state index >= 15 is 0 Å². The summed E-state index contributed by atoms with van der Waals surface area (Å²) in [6.07, 6.45) is 5.09. The minimum absolute atomic E-state index is 0.259. The fraction of sp³-hybridized carbons (Fsp3) is 1.00. The standard InChI is InChI=1S/C17H39N3/c1-15(2)20(8)13-12-17(5,14-18-6)11-9-10-16(3,4)19-7/h15,18-19H,9-14H2,1-8H3. The van der Waals surface area contributed by atoms with Gasteiger partial charge in [-0.1, -0.05) is 13.3 Å². The van der Waals surface area contributed by atoms with Gasteiger partial charge in [0.25, 0.3) is 0 Å². The zero-order valence-electron chi connectivity index (χ0n) is 15.3. The molecular formula is C17H39N3. The largest absolute Gasteiger partial charge is 0.319 e. The Labute approximate surface area is 127 Å². The molecule has 0 amide bonds. The van der Waals surface area contributed by atoms with Crippen molar-refractivity contribution in [3.8, 4) is 0 Å². The van der Waals surface area contributed by atoms with E-state index in [1.807, 2.05) is 0 Å². The van der Waals surface area contributed by atoms with Gasteiger partial charge in [-0.25, -0.2) is 0 Å². The summed E-state index contributed by atoms with van der Waals surface area (Å²) in [5, 5.41) is 6.79. The van der Waals surface area contributed by atoms with Crippen molar-refractivity contribution >= 4 is 0 Å². The van der Waals surface area contributed by atoms with Crippen molar-refractivity contribution in [3.63, 3.8) is 0 Å². The van der Waals surface area contributed by atoms with Gasteiger partial charge in [0.05, 0.1) is 0 Å². The molecule has 0 bridgehead atoms. The predicted octanol–water partition coefficient (Wildman–Crippen LogP) is 3.11. The van der Waals surface area contributed by atoms with Crippen LogP contribution in [0.15, 0.2) is 0 Å². The third-order valence-corrected chi connectivity index (χ3v) is 4.81. The van der Waals surface area contributed by atoms with Crippen LogP contribution in [0.5, 0.6) is 0 Å². The Morgan fingerprint density at radius 2 is 1.60 bits per heavy atom. The lowest BCUT2D eigenvalue weighted by molar-refractivity contribution is 0.184. The van der Waals surface area contributed by atoms with E-state index in [1.54, 1.807) is 0 Å². The Kier molecular flexibility index (Phi) is 8.96. The van der Waals surface area contributed by atoms with Crippen molar-refractivity contribution in [1.29, 1.82) is 0 Å². The van der Waals surface area contributed by atoms with E-state index in [-0.39, 0.29) is 5.54 Å². The molecule has 0 fully saturated rings. The summed E-state index contributed by atoms with van der Waals surface area (Å²) in [5.41, 5.74) is 0.664. The van der Waals surface area contributed by atoms with Crippen molar-refractivity contribution < 1.29 is 0 Å². The van der Waals surface area contributed by atoms with Crippen LogP contribution in [0.3, 0.4) is 0 Å². The average Bonchev–Trinajstić information content (AvgIpc) is 2.36. The van der Waals surface area contributed by atoms with Gasteiger partial charge in [-0.05, 0) is 80.1 Å². The van der Waals surface area contributed by atoms with E-state index in [0.29, 0.717) is 11.5 Å². The molecule has 0 aliphatic heterocycles. The fourth-order valence-electron chi connectivity index (χ4n) is 2.52. The lowest BCUT2D eigenvalue weighted by Crippen LogP contribution is -2.38. The molecule has 0 aliphatic rings. The summed E-state index contributed by atoms with van der Waals surface area (Å²) in [7, 11) is 6.36. The van der Waals surface area contributed by atoms with E-state index in [9.17, 15) is 0 Å². The molecule has 0 spiro atoms. The minimum Gasteiger partial charge on any atom is -0.319 e. The van der Waals surface area contributed by atoms with Gasteiger partial charge < -0.3 is 15.5 Å². The first-order valence-electron chi connectivity index (χ1n) is 8.19. The SMILES string of the molecule is CNCC(C)(CCCC(C)(C)NC)CCN(C)C(C)C. The monoisotopic (exact) mass is 285 g/mol. The second-order valence-electron chi connectivity index (χ2n) is 7.65. The minimum atomic E-state index is 0.259. The summed E-state index contributed by atoms with van der Waals surface area (Å²) >= 11 is 0. The zero-order chi connectivity index (χ0) is 15.8. The molecule has 3 heteroatoms. The predicted molar refractivity (Wildman–Crippen MR) is 91.4 cm³/mol. The highest BCUT2D eigenvalue weighted by molar-refractivity contribution is 4.81. The third-order valence-electron chi connectivity index (χ3n) is 4.81. The molecule has 0 heterocycles. The number of hydrogen-bond donors (Lipinski definition) is 2.